The van der Waals surface area contributed by atoms with Gasteiger partial charge in [0, 0.05) is 24.8 Å². The van der Waals surface area contributed by atoms with Gasteiger partial charge in [0.1, 0.15) is 6.04 Å². The normalized spacial score (nSPS) is 14.0. The number of aliphatic carboxylic acids is 1. The van der Waals surface area contributed by atoms with Crippen molar-refractivity contribution in [1.82, 2.24) is 16.0 Å². The lowest BCUT2D eigenvalue weighted by molar-refractivity contribution is -0.141. The Kier molecular flexibility index (Phi) is 10.4. The minimum absolute atomic E-state index is 0.0624. The van der Waals surface area contributed by atoms with Crippen molar-refractivity contribution in [2.24, 2.45) is 0 Å². The molecule has 0 aromatic heterocycles. The van der Waals surface area contributed by atoms with Gasteiger partial charge in [-0.15, -0.1) is 0 Å². The lowest BCUT2D eigenvalue weighted by Gasteiger charge is -2.28. The zero-order valence-corrected chi connectivity index (χ0v) is 23.8. The number of carboxylic acids is 1. The summed E-state index contributed by atoms with van der Waals surface area (Å²) < 4.78 is 0. The number of carbonyl (C=O) groups is 5. The van der Waals surface area contributed by atoms with Gasteiger partial charge in [-0.1, -0.05) is 78.9 Å². The van der Waals surface area contributed by atoms with E-state index in [4.69, 9.17) is 0 Å². The van der Waals surface area contributed by atoms with Gasteiger partial charge in [-0.2, -0.15) is 0 Å². The minimum atomic E-state index is -1.19. The summed E-state index contributed by atoms with van der Waals surface area (Å²) in [5.74, 6) is -3.20. The number of nitrogens with zero attached hydrogens (tertiary/aromatic N) is 1. The number of para-hydroxylation sites is 1. The highest BCUT2D eigenvalue weighted by atomic mass is 16.4. The van der Waals surface area contributed by atoms with Crippen molar-refractivity contribution in [2.45, 2.75) is 38.8 Å². The zero-order chi connectivity index (χ0) is 30.8. The summed E-state index contributed by atoms with van der Waals surface area (Å²) >= 11 is 0. The second-order valence-electron chi connectivity index (χ2n) is 10.2. The number of hydrogen-bond donors (Lipinski definition) is 4. The maximum Gasteiger partial charge on any atom is 0.326 e. The van der Waals surface area contributed by atoms with Gasteiger partial charge in [-0.05, 0) is 35.3 Å². The summed E-state index contributed by atoms with van der Waals surface area (Å²) in [4.78, 5) is 63.5. The summed E-state index contributed by atoms with van der Waals surface area (Å²) in [5.41, 5.74) is 5.48. The number of anilines is 1. The summed E-state index contributed by atoms with van der Waals surface area (Å²) in [6, 6.07) is 23.2. The third-order valence-electron chi connectivity index (χ3n) is 7.05. The molecule has 0 bridgehead atoms. The van der Waals surface area contributed by atoms with Gasteiger partial charge in [-0.3, -0.25) is 19.2 Å². The van der Waals surface area contributed by atoms with Crippen LogP contribution in [0.3, 0.4) is 0 Å². The second kappa shape index (κ2) is 14.6. The van der Waals surface area contributed by atoms with E-state index in [1.54, 1.807) is 35.2 Å². The first kappa shape index (κ1) is 30.7. The van der Waals surface area contributed by atoms with E-state index in [9.17, 15) is 29.1 Å². The van der Waals surface area contributed by atoms with Gasteiger partial charge < -0.3 is 26.0 Å². The second-order valence-corrected chi connectivity index (χ2v) is 10.2. The van der Waals surface area contributed by atoms with Crippen LogP contribution in [0, 0.1) is 0 Å². The molecule has 222 valence electrons. The van der Waals surface area contributed by atoms with Gasteiger partial charge >= 0.3 is 5.97 Å². The van der Waals surface area contributed by atoms with E-state index in [1.807, 2.05) is 55.5 Å². The largest absolute Gasteiger partial charge is 0.480 e. The molecular weight excluding hydrogens is 548 g/mol. The average molecular weight is 583 g/mol. The van der Waals surface area contributed by atoms with Crippen LogP contribution in [0.15, 0.2) is 78.9 Å². The van der Waals surface area contributed by atoms with Crippen LogP contribution in [0.5, 0.6) is 0 Å². The zero-order valence-electron chi connectivity index (χ0n) is 23.8. The Balaban J connectivity index is 1.25. The van der Waals surface area contributed by atoms with Crippen molar-refractivity contribution >= 4 is 46.9 Å². The molecule has 3 aromatic rings. The summed E-state index contributed by atoms with van der Waals surface area (Å²) in [6.07, 6.45) is 2.01. The fraction of sp³-hybridized carbons (Fsp3) is 0.242. The van der Waals surface area contributed by atoms with Crippen molar-refractivity contribution in [2.75, 3.05) is 18.0 Å². The van der Waals surface area contributed by atoms with Crippen LogP contribution in [0.1, 0.15) is 42.0 Å². The number of nitrogens with one attached hydrogen (secondary N) is 3. The summed E-state index contributed by atoms with van der Waals surface area (Å²) in [7, 11) is 0. The Morgan fingerprint density at radius 1 is 0.791 bits per heavy atom. The van der Waals surface area contributed by atoms with Gasteiger partial charge in [0.05, 0.1) is 25.3 Å². The predicted molar refractivity (Wildman–Crippen MR) is 163 cm³/mol. The van der Waals surface area contributed by atoms with Crippen molar-refractivity contribution in [3.05, 3.63) is 101 Å². The van der Waals surface area contributed by atoms with E-state index in [-0.39, 0.29) is 25.2 Å². The Bertz CT molecular complexity index is 1540. The van der Waals surface area contributed by atoms with Crippen LogP contribution in [-0.2, 0) is 36.9 Å². The molecule has 4 rings (SSSR count). The van der Waals surface area contributed by atoms with E-state index in [1.165, 1.54) is 0 Å². The number of hydrogen-bond acceptors (Lipinski definition) is 5. The fourth-order valence-corrected chi connectivity index (χ4v) is 4.81. The molecule has 43 heavy (non-hydrogen) atoms. The molecule has 0 radical (unpaired) electrons. The first-order valence-corrected chi connectivity index (χ1v) is 14.0. The standard InChI is InChI=1S/C33H34N4O6/c1-22-17-24-11-5-6-12-25(24)21-37(28-14-8-7-13-26(22)28)32(41)16-15-29(38)34-19-30(39)35-20-31(40)36-27(33(42)43)18-23-9-3-2-4-10-23/h2-14,17,27H,15-16,18-21H2,1H3,(H,34,38)(H,35,39)(H,36,40)(H,42,43)/b22-17-/t27-/m0/s1. The van der Waals surface area contributed by atoms with Crippen molar-refractivity contribution in [1.29, 1.82) is 0 Å². The Morgan fingerprint density at radius 3 is 2.21 bits per heavy atom. The van der Waals surface area contributed by atoms with E-state index in [0.717, 1.165) is 33.5 Å². The first-order valence-electron chi connectivity index (χ1n) is 14.0. The van der Waals surface area contributed by atoms with E-state index in [0.29, 0.717) is 6.54 Å². The lowest BCUT2D eigenvalue weighted by atomic mass is 9.96. The molecule has 3 aromatic carbocycles. The number of benzene rings is 3. The molecule has 0 spiro atoms. The maximum absolute atomic E-state index is 13.4. The number of carbonyl (C=O) groups excluding carboxylic acids is 4. The Morgan fingerprint density at radius 2 is 1.44 bits per heavy atom. The highest BCUT2D eigenvalue weighted by molar-refractivity contribution is 6.00. The average Bonchev–Trinajstić information content (AvgIpc) is 3.00. The molecule has 0 unspecified atom stereocenters. The highest BCUT2D eigenvalue weighted by Gasteiger charge is 2.24. The molecule has 0 aliphatic carbocycles. The number of allylic oxidation sites excluding steroid dienone is 1. The van der Waals surface area contributed by atoms with Gasteiger partial charge in [-0.25, -0.2) is 4.79 Å². The van der Waals surface area contributed by atoms with Crippen LogP contribution < -0.4 is 20.9 Å². The first-order chi connectivity index (χ1) is 20.7. The van der Waals surface area contributed by atoms with Gasteiger partial charge in [0.2, 0.25) is 23.6 Å². The smallest absolute Gasteiger partial charge is 0.326 e. The Hall–Kier alpha value is -5.25. The van der Waals surface area contributed by atoms with Gasteiger partial charge in [0.25, 0.3) is 0 Å². The molecule has 0 saturated heterocycles. The SMILES string of the molecule is C/C1=C/c2ccccc2CN(C(=O)CCC(=O)NCC(=O)NCC(=O)N[C@@H](Cc2ccccc2)C(=O)O)c2ccccc21. The third-order valence-corrected chi connectivity index (χ3v) is 7.05. The van der Waals surface area contributed by atoms with E-state index in [2.05, 4.69) is 22.0 Å². The van der Waals surface area contributed by atoms with Crippen LogP contribution in [-0.4, -0.2) is 53.8 Å². The fourth-order valence-electron chi connectivity index (χ4n) is 4.81. The third kappa shape index (κ3) is 8.62. The topological polar surface area (TPSA) is 145 Å². The number of rotatable bonds is 11. The molecular formula is C33H34N4O6. The molecule has 10 nitrogen and oxygen atoms in total. The minimum Gasteiger partial charge on any atom is -0.480 e. The molecule has 4 amide bonds. The van der Waals surface area contributed by atoms with Crippen molar-refractivity contribution < 1.29 is 29.1 Å². The van der Waals surface area contributed by atoms with E-state index >= 15 is 0 Å². The summed E-state index contributed by atoms with van der Waals surface area (Å²) in [5, 5.41) is 16.6. The molecule has 1 aliphatic heterocycles. The van der Waals surface area contributed by atoms with Crippen molar-refractivity contribution in [3.63, 3.8) is 0 Å². The van der Waals surface area contributed by atoms with Crippen LogP contribution in [0.2, 0.25) is 0 Å². The Labute approximate surface area is 249 Å². The van der Waals surface area contributed by atoms with Crippen LogP contribution >= 0.6 is 0 Å². The van der Waals surface area contributed by atoms with Gasteiger partial charge in [0.15, 0.2) is 0 Å². The molecule has 1 atom stereocenters. The summed E-state index contributed by atoms with van der Waals surface area (Å²) in [6.45, 7) is 1.52. The molecule has 1 aliphatic rings. The number of amides is 4. The quantitative estimate of drug-likeness (QED) is 0.274. The van der Waals surface area contributed by atoms with E-state index < -0.39 is 42.8 Å². The number of fused-ring (bicyclic) bond motifs is 2. The highest BCUT2D eigenvalue weighted by Crippen LogP contribution is 2.33. The lowest BCUT2D eigenvalue weighted by Crippen LogP contribution is -2.47. The molecule has 0 saturated carbocycles. The number of carboxylic acid groups (broad SMARTS) is 1. The predicted octanol–water partition coefficient (Wildman–Crippen LogP) is 2.92. The van der Waals surface area contributed by atoms with Crippen molar-refractivity contribution in [3.8, 4) is 0 Å². The molecule has 0 fully saturated rings. The van der Waals surface area contributed by atoms with Crippen LogP contribution in [0.4, 0.5) is 5.69 Å². The molecule has 10 heteroatoms. The molecule has 4 N–H and O–H groups in total. The maximum atomic E-state index is 13.4. The van der Waals surface area contributed by atoms with Crippen LogP contribution in [0.25, 0.3) is 11.6 Å². The molecule has 1 heterocycles. The monoisotopic (exact) mass is 582 g/mol.